The molecule has 1 aliphatic rings. The molecule has 2 rings (SSSR count). The minimum Gasteiger partial charge on any atom is -0.492 e. The highest BCUT2D eigenvalue weighted by atomic mass is 16.5. The van der Waals surface area contributed by atoms with E-state index in [4.69, 9.17) is 4.74 Å². The number of benzene rings is 1. The molecular formula is C17H26N3O3+. The first-order chi connectivity index (χ1) is 11.0. The van der Waals surface area contributed by atoms with Gasteiger partial charge < -0.3 is 20.3 Å². The van der Waals surface area contributed by atoms with Crippen LogP contribution in [0.25, 0.3) is 0 Å². The van der Waals surface area contributed by atoms with Gasteiger partial charge in [-0.2, -0.15) is 0 Å². The number of rotatable bonds is 9. The van der Waals surface area contributed by atoms with Crippen LogP contribution in [-0.2, 0) is 9.59 Å². The quantitative estimate of drug-likeness (QED) is 0.526. The fourth-order valence-corrected chi connectivity index (χ4v) is 2.24. The monoisotopic (exact) mass is 320 g/mol. The number of hydrogen-bond acceptors (Lipinski definition) is 3. The van der Waals surface area contributed by atoms with E-state index in [0.29, 0.717) is 25.7 Å². The lowest BCUT2D eigenvalue weighted by Crippen LogP contribution is -3.11. The van der Waals surface area contributed by atoms with Gasteiger partial charge in [0.15, 0.2) is 13.1 Å². The van der Waals surface area contributed by atoms with E-state index in [-0.39, 0.29) is 18.4 Å². The van der Waals surface area contributed by atoms with Gasteiger partial charge >= 0.3 is 0 Å². The normalized spacial score (nSPS) is 14.9. The highest BCUT2D eigenvalue weighted by Crippen LogP contribution is 2.17. The summed E-state index contributed by atoms with van der Waals surface area (Å²) in [5.74, 6) is 0.744. The van der Waals surface area contributed by atoms with E-state index >= 15 is 0 Å². The van der Waals surface area contributed by atoms with Crippen molar-refractivity contribution in [2.45, 2.75) is 25.8 Å². The van der Waals surface area contributed by atoms with Crippen LogP contribution in [0.3, 0.4) is 0 Å². The first-order valence-corrected chi connectivity index (χ1v) is 8.10. The molecule has 6 heteroatoms. The van der Waals surface area contributed by atoms with Crippen LogP contribution in [0, 0.1) is 6.92 Å². The average Bonchev–Trinajstić information content (AvgIpc) is 3.27. The van der Waals surface area contributed by atoms with E-state index in [9.17, 15) is 9.59 Å². The number of carbonyl (C=O) groups is 2. The molecule has 1 aromatic carbocycles. The smallest absolute Gasteiger partial charge is 0.275 e. The summed E-state index contributed by atoms with van der Waals surface area (Å²) in [6.07, 6.45) is 2.15. The zero-order valence-corrected chi connectivity index (χ0v) is 13.9. The maximum atomic E-state index is 11.8. The van der Waals surface area contributed by atoms with Crippen molar-refractivity contribution in [1.82, 2.24) is 10.6 Å². The van der Waals surface area contributed by atoms with E-state index in [2.05, 4.69) is 10.6 Å². The SMILES string of the molecule is Cc1cccc(OCCNC(=O)C[NH+](C)CC(=O)NC2CC2)c1. The molecule has 6 nitrogen and oxygen atoms in total. The lowest BCUT2D eigenvalue weighted by molar-refractivity contribution is -0.862. The zero-order chi connectivity index (χ0) is 16.7. The maximum Gasteiger partial charge on any atom is 0.275 e. The van der Waals surface area contributed by atoms with Crippen molar-refractivity contribution in [3.8, 4) is 5.75 Å². The van der Waals surface area contributed by atoms with Gasteiger partial charge in [0.2, 0.25) is 0 Å². The summed E-state index contributed by atoms with van der Waals surface area (Å²) in [5.41, 5.74) is 1.14. The zero-order valence-electron chi connectivity index (χ0n) is 13.9. The van der Waals surface area contributed by atoms with Crippen LogP contribution in [0.1, 0.15) is 18.4 Å². The van der Waals surface area contributed by atoms with Gasteiger partial charge in [0, 0.05) is 6.04 Å². The van der Waals surface area contributed by atoms with Crippen molar-refractivity contribution >= 4 is 11.8 Å². The first-order valence-electron chi connectivity index (χ1n) is 8.10. The van der Waals surface area contributed by atoms with Crippen LogP contribution in [0.15, 0.2) is 24.3 Å². The van der Waals surface area contributed by atoms with Crippen LogP contribution in [0.5, 0.6) is 5.75 Å². The Balaban J connectivity index is 1.56. The predicted octanol–water partition coefficient (Wildman–Crippen LogP) is -0.717. The van der Waals surface area contributed by atoms with Crippen LogP contribution in [0.4, 0.5) is 0 Å². The summed E-state index contributed by atoms with van der Waals surface area (Å²) < 4.78 is 5.57. The topological polar surface area (TPSA) is 71.9 Å². The molecule has 1 unspecified atom stereocenters. The Hall–Kier alpha value is -2.08. The van der Waals surface area contributed by atoms with Gasteiger partial charge in [0.25, 0.3) is 11.8 Å². The first kappa shape index (κ1) is 17.3. The molecule has 2 amide bonds. The Morgan fingerprint density at radius 2 is 2.00 bits per heavy atom. The van der Waals surface area contributed by atoms with Crippen molar-refractivity contribution in [2.24, 2.45) is 0 Å². The molecule has 0 spiro atoms. The minimum atomic E-state index is -0.0745. The van der Waals surface area contributed by atoms with Crippen LogP contribution >= 0.6 is 0 Å². The molecule has 0 radical (unpaired) electrons. The molecule has 126 valence electrons. The predicted molar refractivity (Wildman–Crippen MR) is 87.5 cm³/mol. The van der Waals surface area contributed by atoms with Gasteiger partial charge in [-0.1, -0.05) is 12.1 Å². The summed E-state index contributed by atoms with van der Waals surface area (Å²) in [6.45, 7) is 3.49. The molecule has 3 N–H and O–H groups in total. The molecule has 1 aromatic rings. The van der Waals surface area contributed by atoms with Crippen LogP contribution in [0.2, 0.25) is 0 Å². The molecule has 0 aromatic heterocycles. The summed E-state index contributed by atoms with van der Waals surface area (Å²) in [6, 6.07) is 8.16. The van der Waals surface area contributed by atoms with Crippen molar-refractivity contribution < 1.29 is 19.2 Å². The third-order valence-electron chi connectivity index (χ3n) is 3.55. The molecule has 0 aliphatic heterocycles. The summed E-state index contributed by atoms with van der Waals surface area (Å²) in [4.78, 5) is 24.3. The Morgan fingerprint density at radius 1 is 1.26 bits per heavy atom. The lowest BCUT2D eigenvalue weighted by atomic mass is 10.2. The Bertz CT molecular complexity index is 544. The number of hydrogen-bond donors (Lipinski definition) is 3. The number of aryl methyl sites for hydroxylation is 1. The largest absolute Gasteiger partial charge is 0.492 e. The number of likely N-dealkylation sites (N-methyl/N-ethyl adjacent to an activating group) is 1. The third-order valence-corrected chi connectivity index (χ3v) is 3.55. The van der Waals surface area contributed by atoms with Gasteiger partial charge in [0.05, 0.1) is 13.6 Å². The fraction of sp³-hybridized carbons (Fsp3) is 0.529. The average molecular weight is 320 g/mol. The Morgan fingerprint density at radius 3 is 2.70 bits per heavy atom. The molecule has 0 saturated heterocycles. The van der Waals surface area contributed by atoms with Crippen LogP contribution in [-0.4, -0.2) is 51.1 Å². The van der Waals surface area contributed by atoms with E-state index in [1.165, 1.54) is 0 Å². The number of ether oxygens (including phenoxy) is 1. The maximum absolute atomic E-state index is 11.8. The Kier molecular flexibility index (Phi) is 6.40. The molecular weight excluding hydrogens is 294 g/mol. The second kappa shape index (κ2) is 8.53. The van der Waals surface area contributed by atoms with E-state index < -0.39 is 0 Å². The molecule has 1 atom stereocenters. The van der Waals surface area contributed by atoms with Gasteiger partial charge in [0.1, 0.15) is 12.4 Å². The summed E-state index contributed by atoms with van der Waals surface area (Å²) in [7, 11) is 1.84. The van der Waals surface area contributed by atoms with Gasteiger partial charge in [-0.15, -0.1) is 0 Å². The van der Waals surface area contributed by atoms with Gasteiger partial charge in [-0.05, 0) is 37.5 Å². The molecule has 1 saturated carbocycles. The lowest BCUT2D eigenvalue weighted by Gasteiger charge is -2.13. The van der Waals surface area contributed by atoms with Crippen molar-refractivity contribution in [1.29, 1.82) is 0 Å². The molecule has 23 heavy (non-hydrogen) atoms. The third kappa shape index (κ3) is 7.15. The second-order valence-corrected chi connectivity index (χ2v) is 6.17. The fourth-order valence-electron chi connectivity index (χ4n) is 2.24. The van der Waals surface area contributed by atoms with Gasteiger partial charge in [-0.3, -0.25) is 9.59 Å². The minimum absolute atomic E-state index is 0.0144. The standard InChI is InChI=1S/C17H25N3O3/c1-13-4-3-5-15(10-13)23-9-8-18-16(21)11-20(2)12-17(22)19-14-6-7-14/h3-5,10,14H,6-9,11-12H2,1-2H3,(H,18,21)(H,19,22)/p+1. The molecule has 0 heterocycles. The molecule has 1 aliphatic carbocycles. The highest BCUT2D eigenvalue weighted by molar-refractivity contribution is 5.79. The molecule has 0 bridgehead atoms. The number of nitrogens with one attached hydrogen (secondary N) is 3. The second-order valence-electron chi connectivity index (χ2n) is 6.17. The van der Waals surface area contributed by atoms with Gasteiger partial charge in [-0.25, -0.2) is 0 Å². The van der Waals surface area contributed by atoms with E-state index in [0.717, 1.165) is 29.1 Å². The highest BCUT2D eigenvalue weighted by Gasteiger charge is 2.24. The van der Waals surface area contributed by atoms with Crippen molar-refractivity contribution in [3.63, 3.8) is 0 Å². The number of quaternary nitrogens is 1. The number of amides is 2. The van der Waals surface area contributed by atoms with E-state index in [1.807, 2.05) is 38.2 Å². The Labute approximate surface area is 137 Å². The summed E-state index contributed by atoms with van der Waals surface area (Å²) in [5, 5.41) is 5.73. The summed E-state index contributed by atoms with van der Waals surface area (Å²) >= 11 is 0. The van der Waals surface area contributed by atoms with Crippen molar-refractivity contribution in [2.75, 3.05) is 33.3 Å². The molecule has 1 fully saturated rings. The van der Waals surface area contributed by atoms with Crippen molar-refractivity contribution in [3.05, 3.63) is 29.8 Å². The number of carbonyl (C=O) groups excluding carboxylic acids is 2. The van der Waals surface area contributed by atoms with Crippen LogP contribution < -0.4 is 20.3 Å². The van der Waals surface area contributed by atoms with E-state index in [1.54, 1.807) is 0 Å².